The molecule has 4 heteroatoms. The van der Waals surface area contributed by atoms with Crippen molar-refractivity contribution in [3.05, 3.63) is 0 Å². The summed E-state index contributed by atoms with van der Waals surface area (Å²) in [6.45, 7) is 2.78. The van der Waals surface area contributed by atoms with Gasteiger partial charge in [-0.1, -0.05) is 6.92 Å². The lowest BCUT2D eigenvalue weighted by atomic mass is 9.81. The summed E-state index contributed by atoms with van der Waals surface area (Å²) in [6.07, 6.45) is -0.285. The number of hydrogen-bond acceptors (Lipinski definition) is 3. The summed E-state index contributed by atoms with van der Waals surface area (Å²) in [5.74, 6) is -1.05. The van der Waals surface area contributed by atoms with Gasteiger partial charge < -0.3 is 15.3 Å². The quantitative estimate of drug-likeness (QED) is 0.560. The average Bonchev–Trinajstić information content (AvgIpc) is 1.99. The standard InChI is InChI=1S/C8H16O4/c1-3-8(5-9,7(11)12)4-6(2)10/h6,9-10H,3-5H2,1-2H3,(H,11,12). The summed E-state index contributed by atoms with van der Waals surface area (Å²) in [5, 5.41) is 26.7. The van der Waals surface area contributed by atoms with E-state index in [1.165, 1.54) is 6.92 Å². The lowest BCUT2D eigenvalue weighted by molar-refractivity contribution is -0.154. The van der Waals surface area contributed by atoms with Crippen LogP contribution in [0.3, 0.4) is 0 Å². The topological polar surface area (TPSA) is 77.8 Å². The van der Waals surface area contributed by atoms with Crippen LogP contribution in [0.5, 0.6) is 0 Å². The normalized spacial score (nSPS) is 18.3. The van der Waals surface area contributed by atoms with Crippen LogP contribution in [0.1, 0.15) is 26.7 Å². The smallest absolute Gasteiger partial charge is 0.312 e. The first-order chi connectivity index (χ1) is 5.48. The molecule has 0 aliphatic rings. The zero-order chi connectivity index (χ0) is 9.78. The van der Waals surface area contributed by atoms with Crippen LogP contribution in [0.4, 0.5) is 0 Å². The molecule has 0 amide bonds. The minimum Gasteiger partial charge on any atom is -0.481 e. The monoisotopic (exact) mass is 176 g/mol. The molecule has 0 heterocycles. The van der Waals surface area contributed by atoms with Crippen LogP contribution in [-0.2, 0) is 4.79 Å². The molecule has 0 saturated heterocycles. The van der Waals surface area contributed by atoms with Gasteiger partial charge in [0.05, 0.1) is 18.1 Å². The Morgan fingerprint density at radius 1 is 1.58 bits per heavy atom. The average molecular weight is 176 g/mol. The Bertz CT molecular complexity index is 149. The van der Waals surface area contributed by atoms with Gasteiger partial charge in [-0.25, -0.2) is 0 Å². The zero-order valence-corrected chi connectivity index (χ0v) is 7.45. The summed E-state index contributed by atoms with van der Waals surface area (Å²) >= 11 is 0. The molecule has 72 valence electrons. The Labute approximate surface area is 71.8 Å². The fraction of sp³-hybridized carbons (Fsp3) is 0.875. The van der Waals surface area contributed by atoms with Crippen molar-refractivity contribution in [1.29, 1.82) is 0 Å². The molecular weight excluding hydrogens is 160 g/mol. The molecule has 0 aromatic heterocycles. The third-order valence-corrected chi connectivity index (χ3v) is 2.12. The highest BCUT2D eigenvalue weighted by Crippen LogP contribution is 2.27. The summed E-state index contributed by atoms with van der Waals surface area (Å²) in [6, 6.07) is 0. The SMILES string of the molecule is CCC(CO)(CC(C)O)C(=O)O. The van der Waals surface area contributed by atoms with Crippen molar-refractivity contribution in [1.82, 2.24) is 0 Å². The van der Waals surface area contributed by atoms with E-state index in [9.17, 15) is 4.79 Å². The first-order valence-corrected chi connectivity index (χ1v) is 4.01. The van der Waals surface area contributed by atoms with Gasteiger partial charge in [0.15, 0.2) is 0 Å². The van der Waals surface area contributed by atoms with Crippen LogP contribution < -0.4 is 0 Å². The molecule has 0 bridgehead atoms. The van der Waals surface area contributed by atoms with Crippen LogP contribution in [0.25, 0.3) is 0 Å². The molecule has 0 aromatic rings. The van der Waals surface area contributed by atoms with Crippen LogP contribution >= 0.6 is 0 Å². The summed E-state index contributed by atoms with van der Waals surface area (Å²) in [5.41, 5.74) is -1.17. The first kappa shape index (κ1) is 11.4. The number of hydrogen-bond donors (Lipinski definition) is 3. The van der Waals surface area contributed by atoms with Gasteiger partial charge >= 0.3 is 5.97 Å². The van der Waals surface area contributed by atoms with Crippen molar-refractivity contribution in [3.8, 4) is 0 Å². The summed E-state index contributed by atoms with van der Waals surface area (Å²) < 4.78 is 0. The highest BCUT2D eigenvalue weighted by atomic mass is 16.4. The van der Waals surface area contributed by atoms with Crippen molar-refractivity contribution < 1.29 is 20.1 Å². The van der Waals surface area contributed by atoms with Gasteiger partial charge in [-0.05, 0) is 19.8 Å². The Morgan fingerprint density at radius 3 is 2.17 bits per heavy atom. The minimum absolute atomic E-state index is 0.0926. The predicted molar refractivity (Wildman–Crippen MR) is 43.7 cm³/mol. The fourth-order valence-corrected chi connectivity index (χ4v) is 1.19. The molecule has 0 fully saturated rings. The van der Waals surface area contributed by atoms with E-state index >= 15 is 0 Å². The maximum absolute atomic E-state index is 10.7. The van der Waals surface area contributed by atoms with Gasteiger partial charge in [0.1, 0.15) is 0 Å². The van der Waals surface area contributed by atoms with Crippen LogP contribution in [-0.4, -0.2) is 34.0 Å². The van der Waals surface area contributed by atoms with Crippen molar-refractivity contribution in [3.63, 3.8) is 0 Å². The molecule has 2 atom stereocenters. The number of aliphatic carboxylic acids is 1. The van der Waals surface area contributed by atoms with Crippen LogP contribution in [0, 0.1) is 5.41 Å². The highest BCUT2D eigenvalue weighted by Gasteiger charge is 2.37. The molecule has 0 radical (unpaired) electrons. The van der Waals surface area contributed by atoms with E-state index in [0.717, 1.165) is 0 Å². The van der Waals surface area contributed by atoms with Crippen molar-refractivity contribution in [2.24, 2.45) is 5.41 Å². The Kier molecular flexibility index (Phi) is 4.20. The van der Waals surface area contributed by atoms with Crippen LogP contribution in [0.15, 0.2) is 0 Å². The lowest BCUT2D eigenvalue weighted by Crippen LogP contribution is -2.37. The van der Waals surface area contributed by atoms with E-state index in [1.54, 1.807) is 6.92 Å². The number of aliphatic hydroxyl groups excluding tert-OH is 2. The predicted octanol–water partition coefficient (Wildman–Crippen LogP) is 0.231. The molecule has 2 unspecified atom stereocenters. The summed E-state index contributed by atoms with van der Waals surface area (Å²) in [4.78, 5) is 10.7. The largest absolute Gasteiger partial charge is 0.481 e. The van der Waals surface area contributed by atoms with Gasteiger partial charge in [0.25, 0.3) is 0 Å². The fourth-order valence-electron chi connectivity index (χ4n) is 1.19. The highest BCUT2D eigenvalue weighted by molar-refractivity contribution is 5.74. The van der Waals surface area contributed by atoms with E-state index in [4.69, 9.17) is 15.3 Å². The zero-order valence-electron chi connectivity index (χ0n) is 7.45. The number of carbonyl (C=O) groups is 1. The maximum atomic E-state index is 10.7. The van der Waals surface area contributed by atoms with E-state index in [0.29, 0.717) is 6.42 Å². The van der Waals surface area contributed by atoms with E-state index in [1.807, 2.05) is 0 Å². The lowest BCUT2D eigenvalue weighted by Gasteiger charge is -2.26. The molecule has 4 nitrogen and oxygen atoms in total. The van der Waals surface area contributed by atoms with Gasteiger partial charge in [-0.15, -0.1) is 0 Å². The maximum Gasteiger partial charge on any atom is 0.312 e. The molecule has 0 aromatic carbocycles. The van der Waals surface area contributed by atoms with Gasteiger partial charge in [0.2, 0.25) is 0 Å². The van der Waals surface area contributed by atoms with Crippen LogP contribution in [0.2, 0.25) is 0 Å². The van der Waals surface area contributed by atoms with Crippen molar-refractivity contribution in [2.45, 2.75) is 32.8 Å². The molecule has 3 N–H and O–H groups in total. The second kappa shape index (κ2) is 4.42. The Morgan fingerprint density at radius 2 is 2.08 bits per heavy atom. The van der Waals surface area contributed by atoms with E-state index < -0.39 is 24.1 Å². The van der Waals surface area contributed by atoms with Gasteiger partial charge in [-0.2, -0.15) is 0 Å². The molecule has 0 aliphatic carbocycles. The molecule has 0 spiro atoms. The van der Waals surface area contributed by atoms with Gasteiger partial charge in [-0.3, -0.25) is 4.79 Å². The second-order valence-corrected chi connectivity index (χ2v) is 3.15. The molecule has 12 heavy (non-hydrogen) atoms. The second-order valence-electron chi connectivity index (χ2n) is 3.15. The summed E-state index contributed by atoms with van der Waals surface area (Å²) in [7, 11) is 0. The van der Waals surface area contributed by atoms with Gasteiger partial charge in [0, 0.05) is 0 Å². The molecule has 0 saturated carbocycles. The molecule has 0 aliphatic heterocycles. The third-order valence-electron chi connectivity index (χ3n) is 2.12. The van der Waals surface area contributed by atoms with E-state index in [-0.39, 0.29) is 6.42 Å². The molecular formula is C8H16O4. The van der Waals surface area contributed by atoms with Crippen molar-refractivity contribution in [2.75, 3.05) is 6.61 Å². The number of carboxylic acid groups (broad SMARTS) is 1. The Hall–Kier alpha value is -0.610. The Balaban J connectivity index is 4.46. The first-order valence-electron chi connectivity index (χ1n) is 4.01. The van der Waals surface area contributed by atoms with Crippen molar-refractivity contribution >= 4 is 5.97 Å². The number of aliphatic hydroxyl groups is 2. The van der Waals surface area contributed by atoms with E-state index in [2.05, 4.69) is 0 Å². The third kappa shape index (κ3) is 2.46. The minimum atomic E-state index is -1.17. The molecule has 0 rings (SSSR count). The number of rotatable bonds is 5. The number of carboxylic acids is 1.